The van der Waals surface area contributed by atoms with Crippen molar-refractivity contribution in [3.8, 4) is 0 Å². The topological polar surface area (TPSA) is 21.3 Å². The van der Waals surface area contributed by atoms with Gasteiger partial charge >= 0.3 is 0 Å². The summed E-state index contributed by atoms with van der Waals surface area (Å²) in [6.45, 7) is 8.73. The van der Waals surface area contributed by atoms with E-state index in [1.165, 1.54) is 19.3 Å². The summed E-state index contributed by atoms with van der Waals surface area (Å²) in [5, 5.41) is 3.45. The van der Waals surface area contributed by atoms with Crippen LogP contribution in [-0.2, 0) is 4.74 Å². The first-order valence-electron chi connectivity index (χ1n) is 5.44. The molecule has 1 N–H and O–H groups in total. The van der Waals surface area contributed by atoms with E-state index in [0.29, 0.717) is 6.04 Å². The van der Waals surface area contributed by atoms with Gasteiger partial charge in [0.25, 0.3) is 0 Å². The molecule has 0 spiro atoms. The van der Waals surface area contributed by atoms with Crippen molar-refractivity contribution in [1.82, 2.24) is 5.32 Å². The zero-order valence-electron chi connectivity index (χ0n) is 9.60. The molecule has 0 heterocycles. The molecule has 0 aliphatic carbocycles. The molecule has 13 heavy (non-hydrogen) atoms. The highest BCUT2D eigenvalue weighted by atomic mass is 16.5. The molecule has 0 saturated heterocycles. The predicted molar refractivity (Wildman–Crippen MR) is 58.0 cm³/mol. The monoisotopic (exact) mass is 187 g/mol. The predicted octanol–water partition coefficient (Wildman–Crippen LogP) is 2.44. The molecule has 2 unspecified atom stereocenters. The third-order valence-electron chi connectivity index (χ3n) is 2.64. The molecule has 0 aliphatic rings. The minimum atomic E-state index is 0.646. The van der Waals surface area contributed by atoms with Crippen LogP contribution in [0.4, 0.5) is 0 Å². The smallest absolute Gasteiger partial charge is 0.0462 e. The van der Waals surface area contributed by atoms with Gasteiger partial charge in [0.2, 0.25) is 0 Å². The zero-order chi connectivity index (χ0) is 10.1. The first-order valence-corrected chi connectivity index (χ1v) is 5.44. The molecule has 0 aromatic heterocycles. The molecule has 2 atom stereocenters. The molecular formula is C11H25NO. The van der Waals surface area contributed by atoms with E-state index in [2.05, 4.69) is 26.1 Å². The fraction of sp³-hybridized carbons (Fsp3) is 1.00. The zero-order valence-corrected chi connectivity index (χ0v) is 9.60. The van der Waals surface area contributed by atoms with Crippen molar-refractivity contribution < 1.29 is 4.74 Å². The molecule has 0 radical (unpaired) electrons. The van der Waals surface area contributed by atoms with Gasteiger partial charge in [0.15, 0.2) is 0 Å². The van der Waals surface area contributed by atoms with Gasteiger partial charge in [-0.15, -0.1) is 0 Å². The molecule has 0 aliphatic heterocycles. The van der Waals surface area contributed by atoms with E-state index in [9.17, 15) is 0 Å². The molecule has 0 aromatic rings. The number of nitrogens with one attached hydrogen (secondary N) is 1. The summed E-state index contributed by atoms with van der Waals surface area (Å²) in [5.41, 5.74) is 0. The number of hydrogen-bond donors (Lipinski definition) is 1. The molecular weight excluding hydrogens is 162 g/mol. The summed E-state index contributed by atoms with van der Waals surface area (Å²) in [4.78, 5) is 0. The maximum absolute atomic E-state index is 5.02. The Morgan fingerprint density at radius 3 is 2.46 bits per heavy atom. The maximum Gasteiger partial charge on any atom is 0.0462 e. The highest BCUT2D eigenvalue weighted by Crippen LogP contribution is 2.11. The van der Waals surface area contributed by atoms with Crippen LogP contribution >= 0.6 is 0 Å². The van der Waals surface area contributed by atoms with Crippen LogP contribution in [0.25, 0.3) is 0 Å². The van der Waals surface area contributed by atoms with Crippen molar-refractivity contribution in [3.05, 3.63) is 0 Å². The van der Waals surface area contributed by atoms with Gasteiger partial charge in [-0.2, -0.15) is 0 Å². The number of unbranched alkanes of at least 4 members (excludes halogenated alkanes) is 1. The number of ether oxygens (including phenoxy) is 1. The lowest BCUT2D eigenvalue weighted by atomic mass is 9.97. The van der Waals surface area contributed by atoms with Gasteiger partial charge in [-0.3, -0.25) is 0 Å². The van der Waals surface area contributed by atoms with Gasteiger partial charge in [-0.25, -0.2) is 0 Å². The summed E-state index contributed by atoms with van der Waals surface area (Å²) in [6, 6.07) is 0.646. The fourth-order valence-corrected chi connectivity index (χ4v) is 1.49. The molecule has 2 nitrogen and oxygen atoms in total. The third-order valence-corrected chi connectivity index (χ3v) is 2.64. The van der Waals surface area contributed by atoms with Crippen molar-refractivity contribution in [3.63, 3.8) is 0 Å². The van der Waals surface area contributed by atoms with Crippen LogP contribution < -0.4 is 5.32 Å². The van der Waals surface area contributed by atoms with E-state index in [1.807, 2.05) is 0 Å². The molecule has 0 bridgehead atoms. The van der Waals surface area contributed by atoms with Crippen LogP contribution in [0.1, 0.15) is 40.0 Å². The van der Waals surface area contributed by atoms with Gasteiger partial charge in [0, 0.05) is 19.8 Å². The van der Waals surface area contributed by atoms with Crippen LogP contribution in [0, 0.1) is 5.92 Å². The second-order valence-electron chi connectivity index (χ2n) is 3.81. The molecule has 0 amide bonds. The lowest BCUT2D eigenvalue weighted by Crippen LogP contribution is -2.31. The van der Waals surface area contributed by atoms with Crippen LogP contribution in [0.3, 0.4) is 0 Å². The second-order valence-corrected chi connectivity index (χ2v) is 3.81. The summed E-state index contributed by atoms with van der Waals surface area (Å²) in [7, 11) is 1.77. The van der Waals surface area contributed by atoms with E-state index in [1.54, 1.807) is 7.11 Å². The van der Waals surface area contributed by atoms with E-state index in [-0.39, 0.29) is 0 Å². The summed E-state index contributed by atoms with van der Waals surface area (Å²) < 4.78 is 5.02. The van der Waals surface area contributed by atoms with E-state index >= 15 is 0 Å². The standard InChI is InChI=1S/C11H25NO/c1-5-12-11(3)10(2)8-6-7-9-13-4/h10-12H,5-9H2,1-4H3. The van der Waals surface area contributed by atoms with Gasteiger partial charge < -0.3 is 10.1 Å². The fourth-order valence-electron chi connectivity index (χ4n) is 1.49. The molecule has 80 valence electrons. The molecule has 0 aromatic carbocycles. The van der Waals surface area contributed by atoms with E-state index < -0.39 is 0 Å². The van der Waals surface area contributed by atoms with Crippen LogP contribution in [0.5, 0.6) is 0 Å². The maximum atomic E-state index is 5.02. The van der Waals surface area contributed by atoms with Gasteiger partial charge in [0.1, 0.15) is 0 Å². The van der Waals surface area contributed by atoms with Crippen LogP contribution in [0.2, 0.25) is 0 Å². The molecule has 0 fully saturated rings. The van der Waals surface area contributed by atoms with Crippen molar-refractivity contribution in [2.24, 2.45) is 5.92 Å². The van der Waals surface area contributed by atoms with Crippen LogP contribution in [-0.4, -0.2) is 26.3 Å². The highest BCUT2D eigenvalue weighted by molar-refractivity contribution is 4.67. The lowest BCUT2D eigenvalue weighted by Gasteiger charge is -2.20. The first kappa shape index (κ1) is 12.9. The second kappa shape index (κ2) is 8.52. The first-order chi connectivity index (χ1) is 6.22. The molecule has 2 heteroatoms. The average molecular weight is 187 g/mol. The van der Waals surface area contributed by atoms with Gasteiger partial charge in [-0.05, 0) is 32.2 Å². The molecule has 0 saturated carbocycles. The number of methoxy groups -OCH3 is 1. The Kier molecular flexibility index (Phi) is 8.46. The minimum Gasteiger partial charge on any atom is -0.385 e. The third kappa shape index (κ3) is 7.03. The van der Waals surface area contributed by atoms with E-state index in [4.69, 9.17) is 4.74 Å². The lowest BCUT2D eigenvalue weighted by molar-refractivity contribution is 0.189. The average Bonchev–Trinajstić information content (AvgIpc) is 2.12. The Hall–Kier alpha value is -0.0800. The molecule has 0 rings (SSSR count). The van der Waals surface area contributed by atoms with E-state index in [0.717, 1.165) is 19.1 Å². The Morgan fingerprint density at radius 2 is 1.92 bits per heavy atom. The Balaban J connectivity index is 3.32. The summed E-state index contributed by atoms with van der Waals surface area (Å²) >= 11 is 0. The van der Waals surface area contributed by atoms with Gasteiger partial charge in [-0.1, -0.05) is 20.3 Å². The summed E-state index contributed by atoms with van der Waals surface area (Å²) in [6.07, 6.45) is 3.78. The quantitative estimate of drug-likeness (QED) is 0.589. The number of rotatable bonds is 8. The normalized spacial score (nSPS) is 15.7. The largest absolute Gasteiger partial charge is 0.385 e. The number of hydrogen-bond acceptors (Lipinski definition) is 2. The Morgan fingerprint density at radius 1 is 1.23 bits per heavy atom. The Labute approximate surface area is 83.1 Å². The van der Waals surface area contributed by atoms with Gasteiger partial charge in [0.05, 0.1) is 0 Å². The van der Waals surface area contributed by atoms with Crippen molar-refractivity contribution in [1.29, 1.82) is 0 Å². The highest BCUT2D eigenvalue weighted by Gasteiger charge is 2.09. The van der Waals surface area contributed by atoms with Crippen molar-refractivity contribution in [2.75, 3.05) is 20.3 Å². The van der Waals surface area contributed by atoms with Crippen LogP contribution in [0.15, 0.2) is 0 Å². The SMILES string of the molecule is CCNC(C)C(C)CCCCOC. The summed E-state index contributed by atoms with van der Waals surface area (Å²) in [5.74, 6) is 0.775. The van der Waals surface area contributed by atoms with Crippen molar-refractivity contribution >= 4 is 0 Å². The Bertz CT molecular complexity index is 106. The minimum absolute atomic E-state index is 0.646. The van der Waals surface area contributed by atoms with Crippen molar-refractivity contribution in [2.45, 2.75) is 46.1 Å².